The Kier molecular flexibility index (Phi) is 11.7. The summed E-state index contributed by atoms with van der Waals surface area (Å²) in [5.74, 6) is 1.85. The Morgan fingerprint density at radius 1 is 0.955 bits per heavy atom. The number of halogens is 1. The zero-order valence-corrected chi connectivity index (χ0v) is 27.6. The highest BCUT2D eigenvalue weighted by Crippen LogP contribution is 2.34. The third-order valence-electron chi connectivity index (χ3n) is 9.13. The van der Waals surface area contributed by atoms with E-state index in [1.165, 1.54) is 32.1 Å². The summed E-state index contributed by atoms with van der Waals surface area (Å²) in [5, 5.41) is 3.63. The van der Waals surface area contributed by atoms with Crippen molar-refractivity contribution in [1.82, 2.24) is 15.1 Å². The molecule has 3 fully saturated rings. The van der Waals surface area contributed by atoms with Crippen LogP contribution in [0.3, 0.4) is 0 Å². The number of benzene rings is 2. The van der Waals surface area contributed by atoms with E-state index in [-0.39, 0.29) is 30.3 Å². The Labute approximate surface area is 268 Å². The maximum Gasteiger partial charge on any atom is 0.249 e. The van der Waals surface area contributed by atoms with E-state index in [0.717, 1.165) is 50.7 Å². The number of nitrogens with one attached hydrogen (secondary N) is 2. The van der Waals surface area contributed by atoms with Crippen LogP contribution in [0.5, 0.6) is 11.5 Å². The minimum Gasteiger partial charge on any atom is -0.457 e. The van der Waals surface area contributed by atoms with Crippen LogP contribution in [0.25, 0.3) is 0 Å². The minimum absolute atomic E-state index is 0. The van der Waals surface area contributed by atoms with Gasteiger partial charge in [0.25, 0.3) is 0 Å². The second kappa shape index (κ2) is 15.1. The van der Waals surface area contributed by atoms with Crippen LogP contribution in [0, 0.1) is 5.92 Å². The number of ether oxygens (including phenoxy) is 1. The van der Waals surface area contributed by atoms with Gasteiger partial charge in [0, 0.05) is 31.9 Å². The molecule has 1 saturated carbocycles. The van der Waals surface area contributed by atoms with Gasteiger partial charge in [-0.05, 0) is 73.6 Å². The largest absolute Gasteiger partial charge is 0.457 e. The van der Waals surface area contributed by atoms with Crippen molar-refractivity contribution in [3.8, 4) is 11.5 Å². The second-order valence-electron chi connectivity index (χ2n) is 12.6. The average molecular weight is 647 g/mol. The summed E-state index contributed by atoms with van der Waals surface area (Å²) in [6.45, 7) is 4.98. The molecule has 242 valence electrons. The number of piperidine rings is 1. The SMILES string of the molecule is CCCCN1C(=O)[C@H](CC2CCCCC2)NC2(CCN(Cc3ccc(Oc4ccc(NS(C)(=O)=O)cc4)cc3)CC2)C1=O.Cl. The van der Waals surface area contributed by atoms with Gasteiger partial charge >= 0.3 is 0 Å². The van der Waals surface area contributed by atoms with E-state index < -0.39 is 15.6 Å². The Morgan fingerprint density at radius 3 is 2.16 bits per heavy atom. The quantitative estimate of drug-likeness (QED) is 0.301. The van der Waals surface area contributed by atoms with E-state index in [9.17, 15) is 18.0 Å². The smallest absolute Gasteiger partial charge is 0.249 e. The molecule has 0 aromatic heterocycles. The molecule has 2 N–H and O–H groups in total. The Balaban J connectivity index is 0.00000442. The van der Waals surface area contributed by atoms with Crippen LogP contribution in [0.2, 0.25) is 0 Å². The number of sulfonamides is 1. The lowest BCUT2D eigenvalue weighted by molar-refractivity contribution is -0.159. The maximum absolute atomic E-state index is 13.8. The fourth-order valence-corrected chi connectivity index (χ4v) is 7.32. The molecule has 2 saturated heterocycles. The molecule has 1 atom stereocenters. The number of hydrogen-bond acceptors (Lipinski definition) is 7. The van der Waals surface area contributed by atoms with Crippen LogP contribution in [0.15, 0.2) is 48.5 Å². The third kappa shape index (κ3) is 8.74. The van der Waals surface area contributed by atoms with Crippen LogP contribution in [0.1, 0.15) is 76.7 Å². The molecular weight excluding hydrogens is 600 g/mol. The number of amides is 2. The number of carbonyl (C=O) groups is 2. The molecule has 1 spiro atoms. The number of unbranched alkanes of at least 4 members (excludes halogenated alkanes) is 1. The van der Waals surface area contributed by atoms with E-state index >= 15 is 0 Å². The molecule has 3 aliphatic rings. The molecule has 0 radical (unpaired) electrons. The Hall–Kier alpha value is -2.66. The van der Waals surface area contributed by atoms with Gasteiger partial charge in [-0.25, -0.2) is 8.42 Å². The molecule has 1 aliphatic carbocycles. The van der Waals surface area contributed by atoms with Crippen molar-refractivity contribution in [2.45, 2.75) is 89.3 Å². The van der Waals surface area contributed by atoms with Crippen molar-refractivity contribution in [2.24, 2.45) is 5.92 Å². The summed E-state index contributed by atoms with van der Waals surface area (Å²) < 4.78 is 31.2. The maximum atomic E-state index is 13.8. The molecule has 2 aromatic rings. The van der Waals surface area contributed by atoms with Gasteiger partial charge in [-0.15, -0.1) is 12.4 Å². The molecule has 2 amide bonds. The molecule has 5 rings (SSSR count). The van der Waals surface area contributed by atoms with Crippen molar-refractivity contribution in [3.05, 3.63) is 54.1 Å². The number of rotatable bonds is 11. The first kappa shape index (κ1) is 34.2. The summed E-state index contributed by atoms with van der Waals surface area (Å²) in [5.41, 5.74) is 0.995. The van der Waals surface area contributed by atoms with Crippen molar-refractivity contribution >= 4 is 39.9 Å². The van der Waals surface area contributed by atoms with E-state index in [0.29, 0.717) is 42.5 Å². The molecule has 9 nitrogen and oxygen atoms in total. The number of anilines is 1. The lowest BCUT2D eigenvalue weighted by Gasteiger charge is -2.49. The highest BCUT2D eigenvalue weighted by molar-refractivity contribution is 7.92. The van der Waals surface area contributed by atoms with Gasteiger partial charge in [-0.3, -0.25) is 29.4 Å². The van der Waals surface area contributed by atoms with Gasteiger partial charge in [-0.2, -0.15) is 0 Å². The molecule has 2 aliphatic heterocycles. The van der Waals surface area contributed by atoms with Gasteiger partial charge in [0.15, 0.2) is 0 Å². The molecule has 2 heterocycles. The van der Waals surface area contributed by atoms with E-state index in [4.69, 9.17) is 4.74 Å². The van der Waals surface area contributed by atoms with Gasteiger partial charge in [0.2, 0.25) is 21.8 Å². The highest BCUT2D eigenvalue weighted by atomic mass is 35.5. The van der Waals surface area contributed by atoms with E-state index in [1.807, 2.05) is 12.1 Å². The molecule has 0 unspecified atom stereocenters. The number of likely N-dealkylation sites (tertiary alicyclic amines) is 1. The second-order valence-corrected chi connectivity index (χ2v) is 14.3. The summed E-state index contributed by atoms with van der Waals surface area (Å²) >= 11 is 0. The van der Waals surface area contributed by atoms with Crippen LogP contribution >= 0.6 is 12.4 Å². The summed E-state index contributed by atoms with van der Waals surface area (Å²) in [4.78, 5) is 31.2. The van der Waals surface area contributed by atoms with Crippen LogP contribution in [0.4, 0.5) is 5.69 Å². The summed E-state index contributed by atoms with van der Waals surface area (Å²) in [7, 11) is -3.32. The van der Waals surface area contributed by atoms with Gasteiger partial charge in [0.05, 0.1) is 12.3 Å². The standard InChI is InChI=1S/C33H46N4O5S.ClH/c1-3-4-20-37-31(38)30(23-25-8-6-5-7-9-25)34-33(32(37)39)18-21-36(22-19-33)24-26-10-14-28(15-11-26)42-29-16-12-27(13-17-29)35-43(2,40)41;/h10-17,25,30,34-35H,3-9,18-24H2,1-2H3;1H/t30-;/m0./s1. The van der Waals surface area contributed by atoms with E-state index in [1.54, 1.807) is 29.2 Å². The zero-order valence-electron chi connectivity index (χ0n) is 25.9. The minimum atomic E-state index is -3.32. The predicted octanol–water partition coefficient (Wildman–Crippen LogP) is 5.70. The number of imide groups is 1. The summed E-state index contributed by atoms with van der Waals surface area (Å²) in [6.07, 6.45) is 11.3. The lowest BCUT2D eigenvalue weighted by Crippen LogP contribution is -2.72. The van der Waals surface area contributed by atoms with Gasteiger partial charge in [0.1, 0.15) is 17.0 Å². The van der Waals surface area contributed by atoms with Crippen molar-refractivity contribution in [1.29, 1.82) is 0 Å². The van der Waals surface area contributed by atoms with Crippen LogP contribution in [-0.2, 0) is 26.2 Å². The third-order valence-corrected chi connectivity index (χ3v) is 9.74. The normalized spacial score (nSPS) is 21.2. The summed E-state index contributed by atoms with van der Waals surface area (Å²) in [6, 6.07) is 14.5. The number of carbonyl (C=O) groups excluding carboxylic acids is 2. The Morgan fingerprint density at radius 2 is 1.57 bits per heavy atom. The zero-order chi connectivity index (χ0) is 30.5. The first-order valence-electron chi connectivity index (χ1n) is 15.8. The molecule has 2 aromatic carbocycles. The fraction of sp³-hybridized carbons (Fsp3) is 0.576. The van der Waals surface area contributed by atoms with Crippen LogP contribution < -0.4 is 14.8 Å². The molecule has 44 heavy (non-hydrogen) atoms. The topological polar surface area (TPSA) is 108 Å². The van der Waals surface area contributed by atoms with E-state index in [2.05, 4.69) is 34.0 Å². The van der Waals surface area contributed by atoms with Gasteiger partial charge in [-0.1, -0.05) is 57.6 Å². The number of piperazine rings is 1. The first-order valence-corrected chi connectivity index (χ1v) is 17.7. The van der Waals surface area contributed by atoms with Crippen molar-refractivity contribution in [3.63, 3.8) is 0 Å². The monoisotopic (exact) mass is 646 g/mol. The molecule has 0 bridgehead atoms. The van der Waals surface area contributed by atoms with Crippen molar-refractivity contribution in [2.75, 3.05) is 30.6 Å². The molecule has 11 heteroatoms. The first-order chi connectivity index (χ1) is 20.6. The highest BCUT2D eigenvalue weighted by Gasteiger charge is 2.52. The van der Waals surface area contributed by atoms with Crippen molar-refractivity contribution < 1.29 is 22.7 Å². The van der Waals surface area contributed by atoms with Crippen LogP contribution in [-0.4, -0.2) is 67.5 Å². The molecular formula is C33H47ClN4O5S. The lowest BCUT2D eigenvalue weighted by atomic mass is 9.79. The predicted molar refractivity (Wildman–Crippen MR) is 176 cm³/mol. The average Bonchev–Trinajstić information content (AvgIpc) is 2.99. The fourth-order valence-electron chi connectivity index (χ4n) is 6.76. The number of nitrogens with zero attached hydrogens (tertiary/aromatic N) is 2. The van der Waals surface area contributed by atoms with Gasteiger partial charge < -0.3 is 4.74 Å². The number of hydrogen-bond donors (Lipinski definition) is 2. The Bertz CT molecular complexity index is 1360.